The fraction of sp³-hybridized carbons (Fsp3) is 0.536. The Kier molecular flexibility index (Phi) is 11.2. The molecule has 0 unspecified atom stereocenters. The summed E-state index contributed by atoms with van der Waals surface area (Å²) < 4.78 is 34.0. The van der Waals surface area contributed by atoms with E-state index < -0.39 is 54.3 Å². The minimum absolute atomic E-state index is 0.0360. The summed E-state index contributed by atoms with van der Waals surface area (Å²) >= 11 is 0. The first-order valence-corrected chi connectivity index (χ1v) is 31.1. The van der Waals surface area contributed by atoms with Crippen LogP contribution in [0.3, 0.4) is 0 Å². The number of aromatic amines is 1. The lowest BCUT2D eigenvalue weighted by Gasteiger charge is -2.52. The van der Waals surface area contributed by atoms with Crippen molar-refractivity contribution in [3.63, 3.8) is 0 Å². The van der Waals surface area contributed by atoms with Gasteiger partial charge in [-0.2, -0.15) is 0 Å². The molecular weight excluding hydrogens is 1050 g/mol. The maximum absolute atomic E-state index is 15.6. The lowest BCUT2D eigenvalue weighted by Crippen LogP contribution is -2.70. The largest absolute Gasteiger partial charge is 0.506 e. The molecule has 83 heavy (non-hydrogen) atoms. The summed E-state index contributed by atoms with van der Waals surface area (Å²) in [5.74, 6) is 3.52. The Morgan fingerprint density at radius 3 is 2.65 bits per heavy atom. The van der Waals surface area contributed by atoms with Gasteiger partial charge in [0.2, 0.25) is 6.29 Å². The van der Waals surface area contributed by atoms with Crippen molar-refractivity contribution in [2.75, 3.05) is 26.9 Å². The molecule has 12 atom stereocenters. The standard InChI is InChI=1S/C69H72N2O12/c1-79-61-43-15-14-37-24-36-9-5-12-41(36)54-52(37)55(43)57-60(75)56(54)49(73)31-71-30-47-35(8-4-13-42(47)64(71)76)10-7-23-80-63-59(74)51-32-81-50(17-16-44(61)62(57)83-65(82-51)69(63,78)34-72)46-29-70-48-25-38-18-22-67-33-68(77)21-6-11-39(68)26-40(67)27-66(19-2-3-20-66)28-45(53(46)48)58(38)67/h4,8,13,16-17,24-25,29,36,39-41,50-51,59,63,65,70,72,74-75,77-78H,2-3,5-6,9-12,14-15,18-22,26-28,30-34H2,1H3/b17-16+/t36-,39-,40-,41-,50+,51+,59+,63-,65+,67-,68-,69+/m0/s1. The summed E-state index contributed by atoms with van der Waals surface area (Å²) in [4.78, 5) is 35.3. The Morgan fingerprint density at radius 2 is 1.80 bits per heavy atom. The zero-order valence-corrected chi connectivity index (χ0v) is 47.1. The van der Waals surface area contributed by atoms with Crippen LogP contribution in [0.15, 0.2) is 42.6 Å². The molecule has 14 heteroatoms. The highest BCUT2D eigenvalue weighted by molar-refractivity contribution is 6.17. The quantitative estimate of drug-likeness (QED) is 0.0937. The Bertz CT molecular complexity index is 3820. The topological polar surface area (TPSA) is 200 Å². The molecule has 8 aliphatic carbocycles. The molecule has 1 saturated heterocycles. The average molecular weight is 1120 g/mol. The van der Waals surface area contributed by atoms with Crippen molar-refractivity contribution in [2.24, 2.45) is 23.2 Å². The molecule has 430 valence electrons. The summed E-state index contributed by atoms with van der Waals surface area (Å²) in [7, 11) is 1.62. The fourth-order valence-corrected chi connectivity index (χ4v) is 19.9. The van der Waals surface area contributed by atoms with E-state index in [9.17, 15) is 30.3 Å². The van der Waals surface area contributed by atoms with Crippen LogP contribution in [-0.4, -0.2) is 110 Å². The van der Waals surface area contributed by atoms with Crippen molar-refractivity contribution in [2.45, 2.75) is 182 Å². The van der Waals surface area contributed by atoms with Gasteiger partial charge in [0.25, 0.3) is 5.91 Å². The van der Waals surface area contributed by atoms with Crippen LogP contribution in [0, 0.1) is 35.2 Å². The van der Waals surface area contributed by atoms with Gasteiger partial charge in [-0.15, -0.1) is 0 Å². The molecule has 5 aromatic rings. The number of allylic oxidation sites excluding steroid dienone is 2. The normalized spacial score (nSPS) is 35.2. The number of phenols is 1. The van der Waals surface area contributed by atoms with Crippen LogP contribution in [0.4, 0.5) is 0 Å². The van der Waals surface area contributed by atoms with E-state index in [-0.39, 0.29) is 77.1 Å². The lowest BCUT2D eigenvalue weighted by atomic mass is 9.54. The van der Waals surface area contributed by atoms with E-state index in [0.29, 0.717) is 46.9 Å². The number of aryl methyl sites for hydroxylation is 2. The van der Waals surface area contributed by atoms with E-state index in [1.807, 2.05) is 18.2 Å². The van der Waals surface area contributed by atoms with E-state index in [1.54, 1.807) is 24.1 Å². The Morgan fingerprint density at radius 1 is 0.916 bits per heavy atom. The maximum atomic E-state index is 15.6. The molecule has 5 fully saturated rings. The molecule has 4 aromatic carbocycles. The molecule has 6 N–H and O–H groups in total. The van der Waals surface area contributed by atoms with Crippen LogP contribution in [-0.2, 0) is 51.9 Å². The van der Waals surface area contributed by atoms with Gasteiger partial charge in [0, 0.05) is 57.6 Å². The zero-order chi connectivity index (χ0) is 56.1. The summed E-state index contributed by atoms with van der Waals surface area (Å²) in [6.45, 7) is -1.33. The lowest BCUT2D eigenvalue weighted by molar-refractivity contribution is -0.328. The highest BCUT2D eigenvalue weighted by Crippen LogP contribution is 2.67. The Hall–Kier alpha value is -6.18. The number of H-pyrrole nitrogens is 1. The molecule has 1 aromatic heterocycles. The summed E-state index contributed by atoms with van der Waals surface area (Å²) in [5, 5.41) is 65.2. The van der Waals surface area contributed by atoms with E-state index in [0.717, 1.165) is 120 Å². The van der Waals surface area contributed by atoms with Gasteiger partial charge in [-0.25, -0.2) is 0 Å². The number of aromatic nitrogens is 1. The molecule has 4 saturated carbocycles. The van der Waals surface area contributed by atoms with Crippen molar-refractivity contribution in [3.8, 4) is 29.3 Å². The van der Waals surface area contributed by atoms with Gasteiger partial charge in [0.15, 0.2) is 17.5 Å². The molecule has 0 radical (unpaired) electrons. The highest BCUT2D eigenvalue weighted by atomic mass is 16.7. The third-order valence-electron chi connectivity index (χ3n) is 23.5. The number of methoxy groups -OCH3 is 1. The third-order valence-corrected chi connectivity index (χ3v) is 23.5. The molecule has 1 amide bonds. The second kappa shape index (κ2) is 18.2. The average Bonchev–Trinajstić information content (AvgIpc) is 4.05. The number of nitrogens with one attached hydrogen (secondary N) is 1. The number of phenolic OH excluding ortho intramolecular Hbond substituents is 1. The van der Waals surface area contributed by atoms with Crippen molar-refractivity contribution < 1.29 is 58.8 Å². The van der Waals surface area contributed by atoms with Crippen LogP contribution in [0.2, 0.25) is 0 Å². The monoisotopic (exact) mass is 1120 g/mol. The van der Waals surface area contributed by atoms with Gasteiger partial charge in [-0.1, -0.05) is 55.9 Å². The number of carbonyl (C=O) groups excluding carboxylic acids is 2. The summed E-state index contributed by atoms with van der Waals surface area (Å²) in [5.41, 5.74) is 9.10. The number of benzene rings is 4. The van der Waals surface area contributed by atoms with Crippen LogP contribution in [0.5, 0.6) is 17.2 Å². The third kappa shape index (κ3) is 7.07. The van der Waals surface area contributed by atoms with Gasteiger partial charge in [-0.3, -0.25) is 9.59 Å². The van der Waals surface area contributed by atoms with E-state index >= 15 is 4.79 Å². The van der Waals surface area contributed by atoms with E-state index in [2.05, 4.69) is 35.4 Å². The number of hydrogen-bond donors (Lipinski definition) is 6. The number of hydrogen-bond acceptors (Lipinski definition) is 12. The molecular formula is C69H72N2O12. The molecule has 4 aliphatic heterocycles. The molecule has 2 spiro atoms. The number of fused-ring (bicyclic) bond motifs is 10. The Labute approximate surface area is 482 Å². The molecule has 14 nitrogen and oxygen atoms in total. The van der Waals surface area contributed by atoms with Crippen molar-refractivity contribution in [3.05, 3.63) is 109 Å². The van der Waals surface area contributed by atoms with E-state index in [4.69, 9.17) is 23.7 Å². The SMILES string of the molecule is COc1c2c3c4c(O)c(c5c6c4c1CCC6=C[C@@H]1CCC[C@H]51)C(=O)CN1Cc4c(cccc4C1=O)CC#CO[C@H]1[C@H](O)[C@@H](CO[C@@H](c4c[nH]c5cc6c7c(c45)CC4(CCCC4)C[C@@H]4C[C@@H]5CCC[C@]5(O)C[C@]74CC6)/C=C/2)O[C@H](O3)[C@@]1(O)CO. The highest BCUT2D eigenvalue weighted by Gasteiger charge is 2.63. The number of rotatable bonds is 3. The van der Waals surface area contributed by atoms with Gasteiger partial charge >= 0.3 is 0 Å². The van der Waals surface area contributed by atoms with Gasteiger partial charge in [0.05, 0.1) is 49.0 Å². The molecule has 8 bridgehead atoms. The number of nitrogens with zero attached hydrogens (tertiary/aromatic N) is 1. The van der Waals surface area contributed by atoms with Crippen LogP contribution in [0.1, 0.15) is 185 Å². The van der Waals surface area contributed by atoms with Crippen molar-refractivity contribution in [1.29, 1.82) is 0 Å². The van der Waals surface area contributed by atoms with Crippen LogP contribution < -0.4 is 9.47 Å². The zero-order valence-electron chi connectivity index (χ0n) is 47.1. The Balaban J connectivity index is 0.909. The molecule has 5 heterocycles. The molecule has 17 rings (SSSR count). The van der Waals surface area contributed by atoms with Crippen molar-refractivity contribution in [1.82, 2.24) is 9.88 Å². The fourth-order valence-electron chi connectivity index (χ4n) is 19.9. The number of aliphatic hydroxyl groups is 4. The summed E-state index contributed by atoms with van der Waals surface area (Å²) in [6.07, 6.45) is 22.0. The minimum Gasteiger partial charge on any atom is -0.506 e. The second-order valence-corrected chi connectivity index (χ2v) is 27.4. The second-order valence-electron chi connectivity index (χ2n) is 27.4. The smallest absolute Gasteiger partial charge is 0.254 e. The minimum atomic E-state index is -2.47. The number of aliphatic hydroxyl groups excluding tert-OH is 2. The van der Waals surface area contributed by atoms with Gasteiger partial charge in [0.1, 0.15) is 41.7 Å². The number of Topliss-reactive ketones (excluding diaryl/α,β-unsaturated/α-hetero) is 1. The van der Waals surface area contributed by atoms with Crippen molar-refractivity contribution >= 4 is 45.0 Å². The first kappa shape index (κ1) is 51.3. The van der Waals surface area contributed by atoms with E-state index in [1.165, 1.54) is 48.8 Å². The first-order valence-electron chi connectivity index (χ1n) is 31.1. The predicted octanol–water partition coefficient (Wildman–Crippen LogP) is 9.61. The number of carbonyl (C=O) groups is 2. The molecule has 12 aliphatic rings. The number of ether oxygens (including phenoxy) is 5. The summed E-state index contributed by atoms with van der Waals surface area (Å²) in [6, 6.07) is 7.80. The van der Waals surface area contributed by atoms with Gasteiger partial charge < -0.3 is 59.1 Å². The number of ketones is 1. The van der Waals surface area contributed by atoms with Crippen LogP contribution in [0.25, 0.3) is 33.3 Å². The predicted molar refractivity (Wildman–Crippen MR) is 308 cm³/mol. The first-order chi connectivity index (χ1) is 40.3. The maximum Gasteiger partial charge on any atom is 0.254 e. The van der Waals surface area contributed by atoms with Gasteiger partial charge in [-0.05, 0) is 182 Å². The van der Waals surface area contributed by atoms with Crippen LogP contribution >= 0.6 is 0 Å². The number of aromatic hydroxyl groups is 1. The number of amides is 1.